The minimum Gasteiger partial charge on any atom is -0.450 e. The third-order valence-electron chi connectivity index (χ3n) is 5.29. The van der Waals surface area contributed by atoms with Crippen LogP contribution >= 0.6 is 0 Å². The van der Waals surface area contributed by atoms with Crippen molar-refractivity contribution < 1.29 is 28.9 Å². The van der Waals surface area contributed by atoms with Crippen LogP contribution in [0.1, 0.15) is 32.4 Å². The molecule has 0 aliphatic heterocycles. The van der Waals surface area contributed by atoms with E-state index in [2.05, 4.69) is 0 Å². The second-order valence-electron chi connectivity index (χ2n) is 7.72. The third kappa shape index (κ3) is 5.82. The second kappa shape index (κ2) is 10.9. The molecule has 4 aromatic carbocycles. The molecule has 184 valence electrons. The molecule has 0 fully saturated rings. The van der Waals surface area contributed by atoms with E-state index in [0.717, 1.165) is 18.2 Å². The summed E-state index contributed by atoms with van der Waals surface area (Å²) in [6, 6.07) is 25.6. The molecule has 10 nitrogen and oxygen atoms in total. The summed E-state index contributed by atoms with van der Waals surface area (Å²) < 4.78 is 11.1. The fourth-order valence-corrected chi connectivity index (χ4v) is 3.46. The molecule has 0 spiro atoms. The number of nitro groups is 2. The van der Waals surface area contributed by atoms with Crippen LogP contribution in [-0.2, 0) is 4.74 Å². The van der Waals surface area contributed by atoms with E-state index in [1.54, 1.807) is 60.7 Å². The van der Waals surface area contributed by atoms with Crippen LogP contribution in [0.15, 0.2) is 103 Å². The predicted molar refractivity (Wildman–Crippen MR) is 132 cm³/mol. The highest BCUT2D eigenvalue weighted by Crippen LogP contribution is 2.34. The molecule has 0 saturated heterocycles. The minimum absolute atomic E-state index is 0.118. The zero-order valence-corrected chi connectivity index (χ0v) is 19.1. The van der Waals surface area contributed by atoms with Crippen LogP contribution in [0, 0.1) is 20.2 Å². The molecule has 0 N–H and O–H groups in total. The molecule has 10 heteroatoms. The Bertz CT molecular complexity index is 1460. The number of carbonyl (C=O) groups is 2. The van der Waals surface area contributed by atoms with E-state index in [1.807, 2.05) is 0 Å². The summed E-state index contributed by atoms with van der Waals surface area (Å²) in [6.07, 6.45) is -1.17. The van der Waals surface area contributed by atoms with Gasteiger partial charge in [0, 0.05) is 17.2 Å². The molecule has 0 radical (unpaired) electrons. The minimum atomic E-state index is -1.17. The topological polar surface area (TPSA) is 139 Å². The monoisotopic (exact) mass is 498 g/mol. The van der Waals surface area contributed by atoms with Gasteiger partial charge < -0.3 is 9.47 Å². The number of carbonyl (C=O) groups excluding carboxylic acids is 2. The maximum absolute atomic E-state index is 13.1. The lowest BCUT2D eigenvalue weighted by molar-refractivity contribution is -0.394. The van der Waals surface area contributed by atoms with Gasteiger partial charge in [0.1, 0.15) is 5.75 Å². The SMILES string of the molecule is O=C(OC(C(=O)c1ccccc1)c1ccccc1)c1ccc(Oc2ccc([N+](=O)[O-])cc2[N+](=O)[O-])cc1. The van der Waals surface area contributed by atoms with E-state index >= 15 is 0 Å². The zero-order valence-electron chi connectivity index (χ0n) is 19.1. The molecule has 1 atom stereocenters. The summed E-state index contributed by atoms with van der Waals surface area (Å²) >= 11 is 0. The number of ketones is 1. The van der Waals surface area contributed by atoms with Crippen molar-refractivity contribution in [1.82, 2.24) is 0 Å². The van der Waals surface area contributed by atoms with Crippen LogP contribution < -0.4 is 4.74 Å². The molecule has 0 aromatic heterocycles. The van der Waals surface area contributed by atoms with Gasteiger partial charge in [-0.1, -0.05) is 60.7 Å². The molecule has 4 aromatic rings. The Morgan fingerprint density at radius 2 is 1.32 bits per heavy atom. The van der Waals surface area contributed by atoms with Crippen molar-refractivity contribution in [2.24, 2.45) is 0 Å². The van der Waals surface area contributed by atoms with Crippen molar-refractivity contribution in [2.45, 2.75) is 6.10 Å². The first-order chi connectivity index (χ1) is 17.8. The van der Waals surface area contributed by atoms with Crippen molar-refractivity contribution in [3.8, 4) is 11.5 Å². The number of Topliss-reactive ketones (excluding diaryl/α,β-unsaturated/α-hetero) is 1. The molecule has 0 aliphatic rings. The fourth-order valence-electron chi connectivity index (χ4n) is 3.46. The summed E-state index contributed by atoms with van der Waals surface area (Å²) in [4.78, 5) is 46.7. The van der Waals surface area contributed by atoms with Gasteiger partial charge in [-0.3, -0.25) is 25.0 Å². The lowest BCUT2D eigenvalue weighted by Crippen LogP contribution is -2.20. The Balaban J connectivity index is 1.54. The average Bonchev–Trinajstić information content (AvgIpc) is 2.92. The van der Waals surface area contributed by atoms with E-state index in [-0.39, 0.29) is 22.8 Å². The van der Waals surface area contributed by atoms with Crippen LogP contribution in [0.5, 0.6) is 11.5 Å². The average molecular weight is 498 g/mol. The summed E-state index contributed by atoms with van der Waals surface area (Å²) in [5.41, 5.74) is -0.0157. The quantitative estimate of drug-likeness (QED) is 0.117. The first kappa shape index (κ1) is 24.7. The largest absolute Gasteiger partial charge is 0.450 e. The Labute approximate surface area is 210 Å². The summed E-state index contributed by atoms with van der Waals surface area (Å²) in [5.74, 6) is -1.20. The summed E-state index contributed by atoms with van der Waals surface area (Å²) in [5, 5.41) is 22.2. The highest BCUT2D eigenvalue weighted by molar-refractivity contribution is 6.02. The number of hydrogen-bond donors (Lipinski definition) is 0. The van der Waals surface area contributed by atoms with Gasteiger partial charge in [0.05, 0.1) is 21.5 Å². The van der Waals surface area contributed by atoms with E-state index < -0.39 is 33.3 Å². The lowest BCUT2D eigenvalue weighted by atomic mass is 10.00. The second-order valence-corrected chi connectivity index (χ2v) is 7.72. The van der Waals surface area contributed by atoms with Gasteiger partial charge in [0.2, 0.25) is 11.5 Å². The maximum Gasteiger partial charge on any atom is 0.339 e. The van der Waals surface area contributed by atoms with Gasteiger partial charge >= 0.3 is 11.7 Å². The Morgan fingerprint density at radius 1 is 0.703 bits per heavy atom. The molecular formula is C27H18N2O8. The first-order valence-electron chi connectivity index (χ1n) is 10.9. The van der Waals surface area contributed by atoms with Crippen molar-refractivity contribution in [2.75, 3.05) is 0 Å². The van der Waals surface area contributed by atoms with Crippen LogP contribution in [-0.4, -0.2) is 21.6 Å². The van der Waals surface area contributed by atoms with Crippen molar-refractivity contribution >= 4 is 23.1 Å². The van der Waals surface area contributed by atoms with Crippen LogP contribution in [0.4, 0.5) is 11.4 Å². The van der Waals surface area contributed by atoms with Crippen molar-refractivity contribution in [3.63, 3.8) is 0 Å². The number of hydrogen-bond acceptors (Lipinski definition) is 8. The molecule has 0 bridgehead atoms. The molecule has 0 amide bonds. The number of benzene rings is 4. The van der Waals surface area contributed by atoms with Crippen LogP contribution in [0.2, 0.25) is 0 Å². The van der Waals surface area contributed by atoms with Gasteiger partial charge in [0.25, 0.3) is 5.69 Å². The van der Waals surface area contributed by atoms with E-state index in [1.165, 1.54) is 24.3 Å². The molecule has 4 rings (SSSR count). The standard InChI is InChI=1S/C27H18N2O8/c30-25(18-7-3-1-4-8-18)26(19-9-5-2-6-10-19)37-27(31)20-11-14-22(15-12-20)36-24-16-13-21(28(32)33)17-23(24)29(34)35/h1-17,26H. The van der Waals surface area contributed by atoms with Gasteiger partial charge in [-0.2, -0.15) is 0 Å². The highest BCUT2D eigenvalue weighted by Gasteiger charge is 2.27. The molecule has 37 heavy (non-hydrogen) atoms. The molecule has 0 saturated carbocycles. The first-order valence-corrected chi connectivity index (χ1v) is 10.9. The van der Waals surface area contributed by atoms with Gasteiger partial charge in [-0.25, -0.2) is 4.79 Å². The number of ether oxygens (including phenoxy) is 2. The molecular weight excluding hydrogens is 480 g/mol. The smallest absolute Gasteiger partial charge is 0.339 e. The third-order valence-corrected chi connectivity index (χ3v) is 5.29. The number of nitrogens with zero attached hydrogens (tertiary/aromatic N) is 2. The number of esters is 1. The van der Waals surface area contributed by atoms with Gasteiger partial charge in [-0.05, 0) is 30.3 Å². The van der Waals surface area contributed by atoms with Crippen LogP contribution in [0.3, 0.4) is 0 Å². The Kier molecular flexibility index (Phi) is 7.29. The van der Waals surface area contributed by atoms with E-state index in [9.17, 15) is 29.8 Å². The zero-order chi connectivity index (χ0) is 26.4. The van der Waals surface area contributed by atoms with E-state index in [0.29, 0.717) is 11.1 Å². The van der Waals surface area contributed by atoms with E-state index in [4.69, 9.17) is 9.47 Å². The van der Waals surface area contributed by atoms with Crippen molar-refractivity contribution in [1.29, 1.82) is 0 Å². The summed E-state index contributed by atoms with van der Waals surface area (Å²) in [7, 11) is 0. The molecule has 1 unspecified atom stereocenters. The van der Waals surface area contributed by atoms with Gasteiger partial charge in [-0.15, -0.1) is 0 Å². The molecule has 0 aliphatic carbocycles. The number of rotatable bonds is 9. The summed E-state index contributed by atoms with van der Waals surface area (Å²) in [6.45, 7) is 0. The molecule has 0 heterocycles. The Hall–Kier alpha value is -5.38. The van der Waals surface area contributed by atoms with Gasteiger partial charge in [0.15, 0.2) is 6.10 Å². The predicted octanol–water partition coefficient (Wildman–Crippen LogP) is 6.08. The number of non-ortho nitro benzene ring substituents is 1. The maximum atomic E-state index is 13.1. The normalized spacial score (nSPS) is 11.2. The fraction of sp³-hybridized carbons (Fsp3) is 0.0370. The van der Waals surface area contributed by atoms with Crippen molar-refractivity contribution in [3.05, 3.63) is 140 Å². The highest BCUT2D eigenvalue weighted by atomic mass is 16.6. The lowest BCUT2D eigenvalue weighted by Gasteiger charge is -2.17. The van der Waals surface area contributed by atoms with Crippen LogP contribution in [0.25, 0.3) is 0 Å². The Morgan fingerprint density at radius 3 is 1.92 bits per heavy atom. The number of nitro benzene ring substituents is 2.